The zero-order valence-electron chi connectivity index (χ0n) is 27.4. The van der Waals surface area contributed by atoms with Crippen LogP contribution in [-0.4, -0.2) is 128 Å². The monoisotopic (exact) mass is 608 g/mol. The molecule has 2 amide bonds. The van der Waals surface area contributed by atoms with E-state index in [9.17, 15) is 14.4 Å². The number of nitrogens with one attached hydrogen (secondary N) is 1. The summed E-state index contributed by atoms with van der Waals surface area (Å²) in [6.07, 6.45) is 5.92. The Morgan fingerprint density at radius 2 is 1.21 bits per heavy atom. The van der Waals surface area contributed by atoms with Crippen LogP contribution in [0.2, 0.25) is 0 Å². The van der Waals surface area contributed by atoms with Crippen molar-refractivity contribution in [2.24, 2.45) is 11.8 Å². The van der Waals surface area contributed by atoms with Gasteiger partial charge in [-0.1, -0.05) is 0 Å². The lowest BCUT2D eigenvalue weighted by Crippen LogP contribution is -2.55. The molecule has 5 aliphatic heterocycles. The molecule has 43 heavy (non-hydrogen) atoms. The van der Waals surface area contributed by atoms with Gasteiger partial charge >= 0.3 is 12.2 Å². The van der Waals surface area contributed by atoms with Crippen LogP contribution in [0.5, 0.6) is 0 Å². The standard InChI is InChI=1S/C16H28N2O3.C12H19NO3.C4H9NO/c1-16(2,3)21-15(19)18-12-4-5-13(18)11-14(10-12)17-6-8-20-9-7-17;1-12(2,3)16-11(15)13-6-8-4-5-9(7-13)10(8)14;1-3-6-4-2-5-1/h12-14H,4-11H2,1-3H3;8-9H,4-7H2,1-3H3;5H,1-4H2. The van der Waals surface area contributed by atoms with Crippen LogP contribution in [0, 0.1) is 11.8 Å². The molecule has 0 aromatic rings. The van der Waals surface area contributed by atoms with Gasteiger partial charge in [0.1, 0.15) is 17.0 Å². The van der Waals surface area contributed by atoms with Crippen LogP contribution in [0.15, 0.2) is 0 Å². The lowest BCUT2D eigenvalue weighted by molar-refractivity contribution is -0.127. The topological polar surface area (TPSA) is 110 Å². The van der Waals surface area contributed by atoms with Gasteiger partial charge in [-0.2, -0.15) is 0 Å². The lowest BCUT2D eigenvalue weighted by atomic mass is 9.96. The van der Waals surface area contributed by atoms with Crippen molar-refractivity contribution >= 4 is 18.0 Å². The van der Waals surface area contributed by atoms with E-state index in [0.717, 1.165) is 91.1 Å². The van der Waals surface area contributed by atoms with Crippen molar-refractivity contribution in [3.05, 3.63) is 0 Å². The van der Waals surface area contributed by atoms with E-state index in [0.29, 0.717) is 37.0 Å². The second-order valence-electron chi connectivity index (χ2n) is 14.7. The first-order chi connectivity index (χ1) is 20.3. The average Bonchev–Trinajstić information content (AvgIpc) is 3.31. The maximum absolute atomic E-state index is 12.4. The van der Waals surface area contributed by atoms with Gasteiger partial charge in [0.2, 0.25) is 0 Å². The molecule has 5 heterocycles. The van der Waals surface area contributed by atoms with Crippen LogP contribution in [-0.2, 0) is 23.7 Å². The molecule has 0 aromatic carbocycles. The van der Waals surface area contributed by atoms with Crippen LogP contribution in [0.4, 0.5) is 9.59 Å². The molecule has 246 valence electrons. The first kappa shape index (κ1) is 33.9. The second-order valence-corrected chi connectivity index (χ2v) is 14.7. The van der Waals surface area contributed by atoms with E-state index in [2.05, 4.69) is 10.2 Å². The van der Waals surface area contributed by atoms with Crippen molar-refractivity contribution in [2.45, 2.75) is 109 Å². The van der Waals surface area contributed by atoms with Gasteiger partial charge in [0, 0.05) is 69.2 Å². The predicted molar refractivity (Wildman–Crippen MR) is 163 cm³/mol. The average molecular weight is 609 g/mol. The summed E-state index contributed by atoms with van der Waals surface area (Å²) >= 11 is 0. The van der Waals surface area contributed by atoms with Crippen LogP contribution in [0.1, 0.15) is 80.1 Å². The van der Waals surface area contributed by atoms with Gasteiger partial charge in [-0.05, 0) is 80.1 Å². The predicted octanol–water partition coefficient (Wildman–Crippen LogP) is 3.69. The van der Waals surface area contributed by atoms with Gasteiger partial charge in [0.15, 0.2) is 0 Å². The number of carbonyl (C=O) groups excluding carboxylic acids is 3. The van der Waals surface area contributed by atoms with Crippen molar-refractivity contribution in [2.75, 3.05) is 65.7 Å². The number of hydrogen-bond donors (Lipinski definition) is 1. The minimum absolute atomic E-state index is 0.0614. The Bertz CT molecular complexity index is 897. The highest BCUT2D eigenvalue weighted by Crippen LogP contribution is 2.39. The SMILES string of the molecule is C1COCCN1.CC(C)(C)OC(=O)N1C2CCC1CC(N1CCOCC1)C2.CC(C)(C)OC(=O)N1CC2CCC(C1)C2=O. The summed E-state index contributed by atoms with van der Waals surface area (Å²) in [5.41, 5.74) is -0.866. The van der Waals surface area contributed by atoms with Gasteiger partial charge in [-0.15, -0.1) is 0 Å². The maximum Gasteiger partial charge on any atom is 0.410 e. The summed E-state index contributed by atoms with van der Waals surface area (Å²) in [5.74, 6) is 0.470. The molecule has 6 aliphatic rings. The number of fused-ring (bicyclic) bond motifs is 4. The molecular weight excluding hydrogens is 552 g/mol. The summed E-state index contributed by atoms with van der Waals surface area (Å²) in [4.78, 5) is 42.2. The number of ether oxygens (including phenoxy) is 4. The number of amides is 2. The van der Waals surface area contributed by atoms with E-state index in [1.54, 1.807) is 4.90 Å². The fraction of sp³-hybridized carbons (Fsp3) is 0.906. The number of ketones is 1. The van der Waals surface area contributed by atoms with Gasteiger partial charge in [0.25, 0.3) is 0 Å². The van der Waals surface area contributed by atoms with Gasteiger partial charge in [-0.3, -0.25) is 9.69 Å². The molecule has 0 radical (unpaired) electrons. The molecule has 11 heteroatoms. The van der Waals surface area contributed by atoms with E-state index in [4.69, 9.17) is 18.9 Å². The molecular formula is C32H56N4O7. The number of piperidine rings is 2. The maximum atomic E-state index is 12.4. The summed E-state index contributed by atoms with van der Waals surface area (Å²) in [7, 11) is 0. The zero-order valence-corrected chi connectivity index (χ0v) is 27.4. The number of hydrogen-bond acceptors (Lipinski definition) is 9. The van der Waals surface area contributed by atoms with Crippen LogP contribution in [0.25, 0.3) is 0 Å². The lowest BCUT2D eigenvalue weighted by Gasteiger charge is -2.44. The fourth-order valence-electron chi connectivity index (χ4n) is 6.98. The Hall–Kier alpha value is -1.95. The highest BCUT2D eigenvalue weighted by Gasteiger charge is 2.46. The number of Topliss-reactive ketones (excluding diaryl/α,β-unsaturated/α-hetero) is 1. The van der Waals surface area contributed by atoms with E-state index < -0.39 is 11.2 Å². The fourth-order valence-corrected chi connectivity index (χ4v) is 6.98. The third kappa shape index (κ3) is 10.0. The van der Waals surface area contributed by atoms with Gasteiger partial charge in [0.05, 0.1) is 26.4 Å². The quantitative estimate of drug-likeness (QED) is 0.477. The molecule has 1 saturated carbocycles. The summed E-state index contributed by atoms with van der Waals surface area (Å²) in [6, 6.07) is 1.35. The molecule has 11 nitrogen and oxygen atoms in total. The molecule has 4 unspecified atom stereocenters. The highest BCUT2D eigenvalue weighted by atomic mass is 16.6. The molecule has 1 N–H and O–H groups in total. The first-order valence-electron chi connectivity index (χ1n) is 16.4. The van der Waals surface area contributed by atoms with Crippen molar-refractivity contribution < 1.29 is 33.3 Å². The van der Waals surface area contributed by atoms with Crippen LogP contribution >= 0.6 is 0 Å². The molecule has 4 bridgehead atoms. The smallest absolute Gasteiger partial charge is 0.410 e. The minimum atomic E-state index is -0.461. The second kappa shape index (κ2) is 14.9. The molecule has 4 atom stereocenters. The zero-order chi connectivity index (χ0) is 31.2. The van der Waals surface area contributed by atoms with Crippen LogP contribution in [0.3, 0.4) is 0 Å². The van der Waals surface area contributed by atoms with Crippen molar-refractivity contribution in [1.29, 1.82) is 0 Å². The third-order valence-corrected chi connectivity index (χ3v) is 8.92. The molecule has 6 fully saturated rings. The molecule has 0 spiro atoms. The normalized spacial score (nSPS) is 30.9. The van der Waals surface area contributed by atoms with Crippen molar-refractivity contribution in [3.8, 4) is 0 Å². The summed E-state index contributed by atoms with van der Waals surface area (Å²) in [5, 5.41) is 3.16. The number of rotatable bonds is 1. The number of carbonyl (C=O) groups is 3. The Morgan fingerprint density at radius 1 is 0.721 bits per heavy atom. The van der Waals surface area contributed by atoms with Gasteiger partial charge < -0.3 is 34.1 Å². The van der Waals surface area contributed by atoms with E-state index in [-0.39, 0.29) is 24.0 Å². The minimum Gasteiger partial charge on any atom is -0.444 e. The van der Waals surface area contributed by atoms with E-state index in [1.807, 2.05) is 46.4 Å². The number of nitrogens with zero attached hydrogens (tertiary/aromatic N) is 3. The number of morpholine rings is 2. The van der Waals surface area contributed by atoms with Crippen LogP contribution < -0.4 is 5.32 Å². The van der Waals surface area contributed by atoms with E-state index >= 15 is 0 Å². The summed E-state index contributed by atoms with van der Waals surface area (Å²) in [6.45, 7) is 20.1. The molecule has 1 aliphatic carbocycles. The third-order valence-electron chi connectivity index (χ3n) is 8.92. The highest BCUT2D eigenvalue weighted by molar-refractivity contribution is 5.88. The first-order valence-corrected chi connectivity index (χ1v) is 16.4. The largest absolute Gasteiger partial charge is 0.444 e. The van der Waals surface area contributed by atoms with E-state index in [1.165, 1.54) is 0 Å². The molecule has 5 saturated heterocycles. The Morgan fingerprint density at radius 3 is 1.65 bits per heavy atom. The summed E-state index contributed by atoms with van der Waals surface area (Å²) < 4.78 is 21.4. The molecule has 0 aromatic heterocycles. The van der Waals surface area contributed by atoms with Crippen molar-refractivity contribution in [1.82, 2.24) is 20.0 Å². The number of likely N-dealkylation sites (tertiary alicyclic amines) is 1. The molecule has 6 rings (SSSR count). The van der Waals surface area contributed by atoms with Gasteiger partial charge in [-0.25, -0.2) is 9.59 Å². The Balaban J connectivity index is 0.000000169. The Labute approximate surface area is 258 Å². The van der Waals surface area contributed by atoms with Crippen molar-refractivity contribution in [3.63, 3.8) is 0 Å². The Kier molecular flexibility index (Phi) is 11.7.